The van der Waals surface area contributed by atoms with Gasteiger partial charge >= 0.3 is 10.4 Å². The van der Waals surface area contributed by atoms with E-state index in [1.807, 2.05) is 0 Å². The first-order valence-corrected chi connectivity index (χ1v) is 23.3. The molecule has 1 aliphatic heterocycles. The lowest BCUT2D eigenvalue weighted by Gasteiger charge is -2.41. The van der Waals surface area contributed by atoms with Gasteiger partial charge in [-0.05, 0) is 38.5 Å². The van der Waals surface area contributed by atoms with E-state index in [-0.39, 0.29) is 6.42 Å². The van der Waals surface area contributed by atoms with Crippen LogP contribution in [-0.4, -0.2) is 107 Å². The highest BCUT2D eigenvalue weighted by molar-refractivity contribution is 7.80. The van der Waals surface area contributed by atoms with E-state index in [0.717, 1.165) is 51.4 Å². The molecule has 0 aromatic carbocycles. The molecule has 8 atom stereocenters. The summed E-state index contributed by atoms with van der Waals surface area (Å²) in [5.41, 5.74) is 0. The Kier molecular flexibility index (Phi) is 31.8. The molecule has 8 unspecified atom stereocenters. The van der Waals surface area contributed by atoms with Crippen molar-refractivity contribution < 1.29 is 57.0 Å². The van der Waals surface area contributed by atoms with Gasteiger partial charge in [0.05, 0.1) is 25.4 Å². The third-order valence-corrected chi connectivity index (χ3v) is 10.7. The molecule has 0 aromatic rings. The Labute approximate surface area is 344 Å². The second-order valence-corrected chi connectivity index (χ2v) is 16.5. The van der Waals surface area contributed by atoms with E-state index < -0.39 is 78.5 Å². The van der Waals surface area contributed by atoms with Gasteiger partial charge in [0.15, 0.2) is 6.29 Å². The summed E-state index contributed by atoms with van der Waals surface area (Å²) < 4.78 is 47.3. The largest absolute Gasteiger partial charge is 0.397 e. The standard InChI is InChI=1S/C43H79NO12S/c1-3-5-7-9-11-13-15-16-17-18-19-20-22-24-26-28-30-32-37(47)42(50)44-35(36(46)31-29-27-25-23-21-14-12-10-8-6-4-2)34-54-43-40(49)41(56-57(51,52)53)39(48)38(33-45)55-43/h8,10,21,23,29,31,35-41,43,45-49H,3-7,9,11-20,22,24-28,30,32-34H2,1-2H3,(H,44,50)(H,51,52,53)/b10-8+,23-21+,31-29+. The van der Waals surface area contributed by atoms with Crippen LogP contribution in [0.15, 0.2) is 36.5 Å². The van der Waals surface area contributed by atoms with E-state index in [2.05, 4.69) is 47.7 Å². The molecular weight excluding hydrogens is 755 g/mol. The highest BCUT2D eigenvalue weighted by Gasteiger charge is 2.48. The lowest BCUT2D eigenvalue weighted by Crippen LogP contribution is -2.61. The minimum atomic E-state index is -5.12. The molecule has 1 amide bonds. The first-order chi connectivity index (χ1) is 27.4. The number of aliphatic hydroxyl groups excluding tert-OH is 5. The van der Waals surface area contributed by atoms with Crippen molar-refractivity contribution in [3.63, 3.8) is 0 Å². The smallest absolute Gasteiger partial charge is 0.394 e. The molecule has 0 aromatic heterocycles. The van der Waals surface area contributed by atoms with Crippen LogP contribution in [0.25, 0.3) is 0 Å². The number of aliphatic hydroxyl groups is 5. The van der Waals surface area contributed by atoms with Crippen LogP contribution in [0, 0.1) is 0 Å². The minimum Gasteiger partial charge on any atom is -0.394 e. The molecule has 0 aliphatic carbocycles. The first kappa shape index (κ1) is 53.3. The van der Waals surface area contributed by atoms with Crippen molar-refractivity contribution in [1.82, 2.24) is 5.32 Å². The lowest BCUT2D eigenvalue weighted by atomic mass is 9.99. The van der Waals surface area contributed by atoms with Crippen molar-refractivity contribution in [3.8, 4) is 0 Å². The summed E-state index contributed by atoms with van der Waals surface area (Å²) in [6.45, 7) is 3.10. The molecule has 0 spiro atoms. The predicted octanol–water partition coefficient (Wildman–Crippen LogP) is 6.91. The maximum atomic E-state index is 13.1. The molecule has 0 radical (unpaired) electrons. The molecule has 1 rings (SSSR count). The zero-order valence-electron chi connectivity index (χ0n) is 35.0. The van der Waals surface area contributed by atoms with Gasteiger partial charge in [0, 0.05) is 0 Å². The van der Waals surface area contributed by atoms with Crippen molar-refractivity contribution in [3.05, 3.63) is 36.5 Å². The zero-order chi connectivity index (χ0) is 42.2. The van der Waals surface area contributed by atoms with Crippen molar-refractivity contribution in [1.29, 1.82) is 0 Å². The number of hydrogen-bond acceptors (Lipinski definition) is 11. The molecule has 1 saturated heterocycles. The summed E-state index contributed by atoms with van der Waals surface area (Å²) in [6, 6.07) is -1.14. The Morgan fingerprint density at radius 2 is 1.18 bits per heavy atom. The molecule has 0 saturated carbocycles. The number of rotatable bonds is 36. The van der Waals surface area contributed by atoms with Gasteiger partial charge in [-0.2, -0.15) is 8.42 Å². The zero-order valence-corrected chi connectivity index (χ0v) is 35.8. The van der Waals surface area contributed by atoms with Gasteiger partial charge in [-0.25, -0.2) is 4.18 Å². The Hall–Kier alpha value is -1.72. The SMILES string of the molecule is CCC/C=C/CC/C=C/CC/C=C/C(O)C(COC1OC(CO)C(O)C(OS(=O)(=O)O)C1O)NC(=O)C(O)CCCCCCCCCCCCCCCCCCC. The van der Waals surface area contributed by atoms with Gasteiger partial charge in [-0.3, -0.25) is 9.35 Å². The fourth-order valence-electron chi connectivity index (χ4n) is 6.73. The Bertz CT molecular complexity index is 1180. The Morgan fingerprint density at radius 3 is 1.65 bits per heavy atom. The Morgan fingerprint density at radius 1 is 0.702 bits per heavy atom. The van der Waals surface area contributed by atoms with Crippen LogP contribution in [0.3, 0.4) is 0 Å². The van der Waals surface area contributed by atoms with Crippen LogP contribution in [0.2, 0.25) is 0 Å². The van der Waals surface area contributed by atoms with Gasteiger partial charge in [0.1, 0.15) is 30.5 Å². The molecular formula is C43H79NO12S. The van der Waals surface area contributed by atoms with E-state index in [1.54, 1.807) is 6.08 Å². The minimum absolute atomic E-state index is 0.236. The van der Waals surface area contributed by atoms with Gasteiger partial charge < -0.3 is 40.3 Å². The van der Waals surface area contributed by atoms with Crippen molar-refractivity contribution in [2.75, 3.05) is 13.2 Å². The second kappa shape index (κ2) is 34.0. The fourth-order valence-corrected chi connectivity index (χ4v) is 7.24. The molecule has 0 bridgehead atoms. The number of nitrogens with one attached hydrogen (secondary N) is 1. The summed E-state index contributed by atoms with van der Waals surface area (Å²) in [4.78, 5) is 13.1. The molecule has 1 aliphatic rings. The van der Waals surface area contributed by atoms with Crippen LogP contribution >= 0.6 is 0 Å². The summed E-state index contributed by atoms with van der Waals surface area (Å²) in [5, 5.41) is 55.0. The molecule has 13 nitrogen and oxygen atoms in total. The average molecular weight is 834 g/mol. The number of carbonyl (C=O) groups is 1. The van der Waals surface area contributed by atoms with Crippen molar-refractivity contribution >= 4 is 16.3 Å². The summed E-state index contributed by atoms with van der Waals surface area (Å²) >= 11 is 0. The molecule has 7 N–H and O–H groups in total. The quantitative estimate of drug-likeness (QED) is 0.0195. The van der Waals surface area contributed by atoms with Crippen LogP contribution in [0.5, 0.6) is 0 Å². The van der Waals surface area contributed by atoms with Crippen LogP contribution in [0.1, 0.15) is 168 Å². The van der Waals surface area contributed by atoms with E-state index in [0.29, 0.717) is 12.8 Å². The number of allylic oxidation sites excluding steroid dienone is 5. The third-order valence-electron chi connectivity index (χ3n) is 10.2. The van der Waals surface area contributed by atoms with Crippen LogP contribution in [0.4, 0.5) is 0 Å². The molecule has 14 heteroatoms. The molecule has 1 fully saturated rings. The van der Waals surface area contributed by atoms with Gasteiger partial charge in [-0.1, -0.05) is 166 Å². The van der Waals surface area contributed by atoms with E-state index in [9.17, 15) is 38.7 Å². The molecule has 334 valence electrons. The summed E-state index contributed by atoms with van der Waals surface area (Å²) in [5.74, 6) is -0.718. The number of amides is 1. The second-order valence-electron chi connectivity index (χ2n) is 15.4. The number of hydrogen-bond donors (Lipinski definition) is 7. The summed E-state index contributed by atoms with van der Waals surface area (Å²) in [7, 11) is -5.12. The molecule has 57 heavy (non-hydrogen) atoms. The van der Waals surface area contributed by atoms with Crippen LogP contribution < -0.4 is 5.32 Å². The van der Waals surface area contributed by atoms with Gasteiger partial charge in [0.25, 0.3) is 0 Å². The van der Waals surface area contributed by atoms with Gasteiger partial charge in [-0.15, -0.1) is 0 Å². The maximum Gasteiger partial charge on any atom is 0.397 e. The topological polar surface area (TPSA) is 212 Å². The number of ether oxygens (including phenoxy) is 2. The summed E-state index contributed by atoms with van der Waals surface area (Å²) in [6.07, 6.45) is 26.7. The highest BCUT2D eigenvalue weighted by atomic mass is 32.3. The average Bonchev–Trinajstić information content (AvgIpc) is 3.18. The number of carbonyl (C=O) groups excluding carboxylic acids is 1. The van der Waals surface area contributed by atoms with E-state index >= 15 is 0 Å². The fraction of sp³-hybridized carbons (Fsp3) is 0.837. The number of unbranched alkanes of at least 4 members (excludes halogenated alkanes) is 19. The molecule has 1 heterocycles. The van der Waals surface area contributed by atoms with Crippen LogP contribution in [-0.2, 0) is 28.9 Å². The monoisotopic (exact) mass is 834 g/mol. The normalized spacial score (nSPS) is 22.1. The van der Waals surface area contributed by atoms with E-state index in [4.69, 9.17) is 14.0 Å². The third kappa shape index (κ3) is 26.9. The Balaban J connectivity index is 2.60. The van der Waals surface area contributed by atoms with Crippen molar-refractivity contribution in [2.45, 2.75) is 217 Å². The first-order valence-electron chi connectivity index (χ1n) is 22.0. The van der Waals surface area contributed by atoms with Crippen molar-refractivity contribution in [2.24, 2.45) is 0 Å². The van der Waals surface area contributed by atoms with Gasteiger partial charge in [0.2, 0.25) is 5.91 Å². The lowest BCUT2D eigenvalue weighted by molar-refractivity contribution is -0.298. The maximum absolute atomic E-state index is 13.1. The predicted molar refractivity (Wildman–Crippen MR) is 224 cm³/mol. The highest BCUT2D eigenvalue weighted by Crippen LogP contribution is 2.26. The van der Waals surface area contributed by atoms with E-state index in [1.165, 1.54) is 89.5 Å².